The zero-order chi connectivity index (χ0) is 24.0. The number of aromatic amines is 1. The minimum atomic E-state index is -0.477. The first-order valence-corrected chi connectivity index (χ1v) is 11.8. The minimum absolute atomic E-state index is 0.184. The lowest BCUT2D eigenvalue weighted by molar-refractivity contribution is -0.131. The van der Waals surface area contributed by atoms with Crippen LogP contribution in [0.1, 0.15) is 30.7 Å². The predicted molar refractivity (Wildman–Crippen MR) is 130 cm³/mol. The first kappa shape index (κ1) is 22.4. The number of halogens is 1. The lowest BCUT2D eigenvalue weighted by atomic mass is 9.99. The van der Waals surface area contributed by atoms with Crippen LogP contribution in [0.3, 0.4) is 0 Å². The van der Waals surface area contributed by atoms with Crippen LogP contribution in [-0.2, 0) is 11.2 Å². The second-order valence-electron chi connectivity index (χ2n) is 9.76. The molecule has 8 heteroatoms. The van der Waals surface area contributed by atoms with Crippen molar-refractivity contribution in [2.24, 2.45) is 11.8 Å². The van der Waals surface area contributed by atoms with Gasteiger partial charge in [-0.05, 0) is 73.1 Å². The summed E-state index contributed by atoms with van der Waals surface area (Å²) in [5.41, 5.74) is 3.55. The molecule has 5 rings (SSSR count). The van der Waals surface area contributed by atoms with Crippen molar-refractivity contribution in [3.63, 3.8) is 0 Å². The second kappa shape index (κ2) is 8.74. The first-order chi connectivity index (χ1) is 16.3. The van der Waals surface area contributed by atoms with E-state index in [9.17, 15) is 9.59 Å². The lowest BCUT2D eigenvalue weighted by Gasteiger charge is -2.17. The molecule has 1 aliphatic heterocycles. The summed E-state index contributed by atoms with van der Waals surface area (Å²) in [6.07, 6.45) is 3.36. The molecule has 178 valence electrons. The fourth-order valence-electron chi connectivity index (χ4n) is 4.87. The van der Waals surface area contributed by atoms with E-state index in [0.717, 1.165) is 48.2 Å². The standard InChI is InChI=1S/C26H30FN5O2/c1-16-12-20(30(2)3)7-8-21(16)19-6-9-23(22(27)14-19)32-24(28-29-26(32)34)13-17-10-11-31(15-17)25(33)18-4-5-18/h6-9,12,14,17-18H,4-5,10-11,13,15H2,1-3H3,(H,29,34)/t17-/m0/s1. The molecule has 0 spiro atoms. The van der Waals surface area contributed by atoms with Gasteiger partial charge in [0.25, 0.3) is 0 Å². The Kier molecular flexibility index (Phi) is 5.75. The van der Waals surface area contributed by atoms with E-state index in [4.69, 9.17) is 0 Å². The van der Waals surface area contributed by atoms with E-state index in [0.29, 0.717) is 18.8 Å². The van der Waals surface area contributed by atoms with Crippen LogP contribution >= 0.6 is 0 Å². The van der Waals surface area contributed by atoms with Crippen LogP contribution in [0.5, 0.6) is 0 Å². The number of amides is 1. The van der Waals surface area contributed by atoms with Crippen LogP contribution in [-0.4, -0.2) is 52.8 Å². The van der Waals surface area contributed by atoms with Gasteiger partial charge >= 0.3 is 5.69 Å². The van der Waals surface area contributed by atoms with Crippen molar-refractivity contribution in [1.82, 2.24) is 19.7 Å². The number of benzene rings is 2. The monoisotopic (exact) mass is 463 g/mol. The van der Waals surface area contributed by atoms with Crippen LogP contribution in [0.2, 0.25) is 0 Å². The number of likely N-dealkylation sites (tertiary alicyclic amines) is 1. The number of hydrogen-bond donors (Lipinski definition) is 1. The van der Waals surface area contributed by atoms with Gasteiger partial charge in [-0.25, -0.2) is 18.9 Å². The van der Waals surface area contributed by atoms with Crippen molar-refractivity contribution in [2.45, 2.75) is 32.6 Å². The molecular formula is C26H30FN5O2. The summed E-state index contributed by atoms with van der Waals surface area (Å²) in [4.78, 5) is 28.9. The SMILES string of the molecule is Cc1cc(N(C)C)ccc1-c1ccc(-n2c(C[C@@H]3CCN(C(=O)C4CC4)C3)n[nH]c2=O)c(F)c1. The third-order valence-electron chi connectivity index (χ3n) is 6.96. The van der Waals surface area contributed by atoms with Gasteiger partial charge in [-0.3, -0.25) is 4.79 Å². The average molecular weight is 464 g/mol. The Balaban J connectivity index is 1.38. The Bertz CT molecular complexity index is 1290. The van der Waals surface area contributed by atoms with E-state index >= 15 is 4.39 Å². The molecule has 1 N–H and O–H groups in total. The molecule has 7 nitrogen and oxygen atoms in total. The van der Waals surface area contributed by atoms with E-state index < -0.39 is 11.5 Å². The third kappa shape index (κ3) is 4.24. The maximum Gasteiger partial charge on any atom is 0.348 e. The average Bonchev–Trinajstić information content (AvgIpc) is 3.46. The molecule has 2 aromatic carbocycles. The van der Waals surface area contributed by atoms with Crippen LogP contribution in [0.4, 0.5) is 10.1 Å². The smallest absolute Gasteiger partial charge is 0.348 e. The normalized spacial score (nSPS) is 17.9. The number of hydrogen-bond acceptors (Lipinski definition) is 4. The van der Waals surface area contributed by atoms with Gasteiger partial charge in [0.05, 0.1) is 5.69 Å². The van der Waals surface area contributed by atoms with Gasteiger partial charge in [0.1, 0.15) is 11.6 Å². The Hall–Kier alpha value is -3.42. The highest BCUT2D eigenvalue weighted by atomic mass is 19.1. The molecule has 2 aliphatic rings. The maximum absolute atomic E-state index is 15.3. The fourth-order valence-corrected chi connectivity index (χ4v) is 4.87. The summed E-state index contributed by atoms with van der Waals surface area (Å²) < 4.78 is 16.6. The van der Waals surface area contributed by atoms with Crippen molar-refractivity contribution in [2.75, 3.05) is 32.1 Å². The van der Waals surface area contributed by atoms with Gasteiger partial charge < -0.3 is 9.80 Å². The van der Waals surface area contributed by atoms with Gasteiger partial charge in [-0.2, -0.15) is 5.10 Å². The Morgan fingerprint density at radius 3 is 2.65 bits per heavy atom. The van der Waals surface area contributed by atoms with Crippen molar-refractivity contribution in [3.05, 3.63) is 64.1 Å². The first-order valence-electron chi connectivity index (χ1n) is 11.8. The highest BCUT2D eigenvalue weighted by molar-refractivity contribution is 5.81. The molecule has 1 atom stereocenters. The van der Waals surface area contributed by atoms with Gasteiger partial charge in [0.2, 0.25) is 5.91 Å². The van der Waals surface area contributed by atoms with Gasteiger partial charge in [-0.15, -0.1) is 0 Å². The predicted octanol–water partition coefficient (Wildman–Crippen LogP) is 3.54. The van der Waals surface area contributed by atoms with E-state index in [-0.39, 0.29) is 23.4 Å². The molecule has 1 aliphatic carbocycles. The minimum Gasteiger partial charge on any atom is -0.378 e. The number of aromatic nitrogens is 3. The zero-order valence-corrected chi connectivity index (χ0v) is 19.8. The van der Waals surface area contributed by atoms with Gasteiger partial charge in [0.15, 0.2) is 0 Å². The van der Waals surface area contributed by atoms with E-state index in [1.165, 1.54) is 10.6 Å². The van der Waals surface area contributed by atoms with Crippen molar-refractivity contribution < 1.29 is 9.18 Å². The number of carbonyl (C=O) groups is 1. The molecule has 34 heavy (non-hydrogen) atoms. The lowest BCUT2D eigenvalue weighted by Crippen LogP contribution is -2.30. The molecule has 0 unspecified atom stereocenters. The van der Waals surface area contributed by atoms with Gasteiger partial charge in [-0.1, -0.05) is 12.1 Å². The quantitative estimate of drug-likeness (QED) is 0.607. The van der Waals surface area contributed by atoms with E-state index in [1.54, 1.807) is 6.07 Å². The van der Waals surface area contributed by atoms with Gasteiger partial charge in [0, 0.05) is 45.2 Å². The van der Waals surface area contributed by atoms with E-state index in [2.05, 4.69) is 16.3 Å². The molecule has 2 fully saturated rings. The Labute approximate surface area is 198 Å². The molecule has 1 saturated carbocycles. The highest BCUT2D eigenvalue weighted by Gasteiger charge is 2.37. The molecule has 1 amide bonds. The number of nitrogens with one attached hydrogen (secondary N) is 1. The largest absolute Gasteiger partial charge is 0.378 e. The van der Waals surface area contributed by atoms with Crippen LogP contribution in [0.15, 0.2) is 41.2 Å². The Morgan fingerprint density at radius 1 is 1.18 bits per heavy atom. The zero-order valence-electron chi connectivity index (χ0n) is 19.8. The van der Waals surface area contributed by atoms with Crippen LogP contribution in [0.25, 0.3) is 16.8 Å². The summed E-state index contributed by atoms with van der Waals surface area (Å²) in [6, 6.07) is 11.0. The fraction of sp³-hybridized carbons (Fsp3) is 0.423. The number of aryl methyl sites for hydroxylation is 1. The van der Waals surface area contributed by atoms with Crippen molar-refractivity contribution in [3.8, 4) is 16.8 Å². The number of anilines is 1. The maximum atomic E-state index is 15.3. The third-order valence-corrected chi connectivity index (χ3v) is 6.96. The molecule has 3 aromatic rings. The van der Waals surface area contributed by atoms with Crippen molar-refractivity contribution in [1.29, 1.82) is 0 Å². The second-order valence-corrected chi connectivity index (χ2v) is 9.76. The topological polar surface area (TPSA) is 74.2 Å². The molecular weight excluding hydrogens is 433 g/mol. The van der Waals surface area contributed by atoms with Crippen molar-refractivity contribution >= 4 is 11.6 Å². The number of rotatable bonds is 6. The number of H-pyrrole nitrogens is 1. The summed E-state index contributed by atoms with van der Waals surface area (Å²) in [7, 11) is 3.97. The molecule has 0 bridgehead atoms. The Morgan fingerprint density at radius 2 is 1.97 bits per heavy atom. The molecule has 1 aromatic heterocycles. The van der Waals surface area contributed by atoms with E-state index in [1.807, 2.05) is 49.0 Å². The number of carbonyl (C=O) groups excluding carboxylic acids is 1. The highest BCUT2D eigenvalue weighted by Crippen LogP contribution is 2.33. The van der Waals surface area contributed by atoms with Crippen LogP contribution < -0.4 is 10.6 Å². The summed E-state index contributed by atoms with van der Waals surface area (Å²) in [5, 5.41) is 6.66. The number of nitrogens with zero attached hydrogens (tertiary/aromatic N) is 4. The molecule has 1 saturated heterocycles. The van der Waals surface area contributed by atoms with Crippen LogP contribution in [0, 0.1) is 24.6 Å². The summed E-state index contributed by atoms with van der Waals surface area (Å²) in [6.45, 7) is 3.41. The molecule has 2 heterocycles. The summed E-state index contributed by atoms with van der Waals surface area (Å²) >= 11 is 0. The molecule has 0 radical (unpaired) electrons. The summed E-state index contributed by atoms with van der Waals surface area (Å²) in [5.74, 6) is 0.677.